The van der Waals surface area contributed by atoms with E-state index in [0.29, 0.717) is 13.0 Å². The number of hydrogen-bond donors (Lipinski definition) is 1. The molecule has 0 radical (unpaired) electrons. The van der Waals surface area contributed by atoms with Crippen molar-refractivity contribution in [1.29, 1.82) is 5.26 Å². The standard InChI is InChI=1S/C15H20N2O/c16-9-8-15(6-7-15)13-17(10-11-18)12-14-4-2-1-3-5-14/h1-5,18H,6-8,10-13H2. The van der Waals surface area contributed by atoms with Crippen molar-refractivity contribution in [2.45, 2.75) is 25.8 Å². The van der Waals surface area contributed by atoms with Crippen LogP contribution in [0.1, 0.15) is 24.8 Å². The van der Waals surface area contributed by atoms with Crippen LogP contribution in [0, 0.1) is 16.7 Å². The van der Waals surface area contributed by atoms with E-state index >= 15 is 0 Å². The highest BCUT2D eigenvalue weighted by Crippen LogP contribution is 2.49. The van der Waals surface area contributed by atoms with Gasteiger partial charge in [0.25, 0.3) is 0 Å². The van der Waals surface area contributed by atoms with Gasteiger partial charge in [-0.1, -0.05) is 30.3 Å². The van der Waals surface area contributed by atoms with E-state index in [1.54, 1.807) is 0 Å². The second kappa shape index (κ2) is 5.99. The van der Waals surface area contributed by atoms with Gasteiger partial charge in [0.2, 0.25) is 0 Å². The van der Waals surface area contributed by atoms with Crippen LogP contribution in [-0.2, 0) is 6.54 Å². The van der Waals surface area contributed by atoms with E-state index in [1.165, 1.54) is 5.56 Å². The molecule has 18 heavy (non-hydrogen) atoms. The van der Waals surface area contributed by atoms with Crippen LogP contribution < -0.4 is 0 Å². The van der Waals surface area contributed by atoms with E-state index in [-0.39, 0.29) is 12.0 Å². The van der Waals surface area contributed by atoms with Gasteiger partial charge < -0.3 is 5.11 Å². The van der Waals surface area contributed by atoms with E-state index in [9.17, 15) is 0 Å². The number of nitrogens with zero attached hydrogens (tertiary/aromatic N) is 2. The summed E-state index contributed by atoms with van der Waals surface area (Å²) < 4.78 is 0. The lowest BCUT2D eigenvalue weighted by Crippen LogP contribution is -2.32. The number of hydrogen-bond acceptors (Lipinski definition) is 3. The fraction of sp³-hybridized carbons (Fsp3) is 0.533. The van der Waals surface area contributed by atoms with Gasteiger partial charge in [0, 0.05) is 26.1 Å². The fourth-order valence-electron chi connectivity index (χ4n) is 2.41. The van der Waals surface area contributed by atoms with Crippen molar-refractivity contribution in [2.75, 3.05) is 19.7 Å². The first-order chi connectivity index (χ1) is 8.78. The van der Waals surface area contributed by atoms with Gasteiger partial charge in [-0.15, -0.1) is 0 Å². The molecule has 1 aliphatic rings. The van der Waals surface area contributed by atoms with E-state index in [1.807, 2.05) is 18.2 Å². The Kier molecular flexibility index (Phi) is 4.35. The minimum absolute atomic E-state index is 0.176. The third kappa shape index (κ3) is 3.56. The van der Waals surface area contributed by atoms with Gasteiger partial charge in [-0.3, -0.25) is 4.90 Å². The number of aliphatic hydroxyl groups excluding tert-OH is 1. The second-order valence-electron chi connectivity index (χ2n) is 5.25. The summed E-state index contributed by atoms with van der Waals surface area (Å²) >= 11 is 0. The number of aliphatic hydroxyl groups is 1. The maximum absolute atomic E-state index is 9.16. The summed E-state index contributed by atoms with van der Waals surface area (Å²) in [7, 11) is 0. The molecule has 0 amide bonds. The molecule has 1 saturated carbocycles. The third-order valence-electron chi connectivity index (χ3n) is 3.64. The highest BCUT2D eigenvalue weighted by atomic mass is 16.3. The first-order valence-corrected chi connectivity index (χ1v) is 6.52. The molecule has 1 N–H and O–H groups in total. The molecule has 2 rings (SSSR count). The molecule has 0 unspecified atom stereocenters. The van der Waals surface area contributed by atoms with Gasteiger partial charge in [-0.2, -0.15) is 5.26 Å². The van der Waals surface area contributed by atoms with Crippen LogP contribution in [0.25, 0.3) is 0 Å². The zero-order valence-corrected chi connectivity index (χ0v) is 10.7. The zero-order valence-electron chi connectivity index (χ0n) is 10.7. The number of nitriles is 1. The fourth-order valence-corrected chi connectivity index (χ4v) is 2.41. The minimum Gasteiger partial charge on any atom is -0.395 e. The van der Waals surface area contributed by atoms with Crippen LogP contribution in [0.2, 0.25) is 0 Å². The predicted octanol–water partition coefficient (Wildman–Crippen LogP) is 2.17. The molecular formula is C15H20N2O. The van der Waals surface area contributed by atoms with Crippen molar-refractivity contribution < 1.29 is 5.11 Å². The van der Waals surface area contributed by atoms with Gasteiger partial charge >= 0.3 is 0 Å². The van der Waals surface area contributed by atoms with Gasteiger partial charge in [0.1, 0.15) is 0 Å². The Hall–Kier alpha value is -1.37. The number of benzene rings is 1. The third-order valence-corrected chi connectivity index (χ3v) is 3.64. The first-order valence-electron chi connectivity index (χ1n) is 6.52. The Labute approximate surface area is 109 Å². The van der Waals surface area contributed by atoms with Crippen LogP contribution in [0.3, 0.4) is 0 Å². The molecule has 3 heteroatoms. The average Bonchev–Trinajstić information content (AvgIpc) is 3.11. The smallest absolute Gasteiger partial charge is 0.0628 e. The first kappa shape index (κ1) is 13.1. The van der Waals surface area contributed by atoms with Gasteiger partial charge in [0.05, 0.1) is 12.7 Å². The monoisotopic (exact) mass is 244 g/mol. The molecule has 1 aliphatic carbocycles. The van der Waals surface area contributed by atoms with Gasteiger partial charge in [-0.25, -0.2) is 0 Å². The Morgan fingerprint density at radius 3 is 2.56 bits per heavy atom. The summed E-state index contributed by atoms with van der Waals surface area (Å²) in [6.07, 6.45) is 2.94. The number of rotatable bonds is 7. The molecule has 0 heterocycles. The summed E-state index contributed by atoms with van der Waals surface area (Å²) in [6, 6.07) is 12.6. The van der Waals surface area contributed by atoms with Crippen molar-refractivity contribution in [1.82, 2.24) is 4.90 Å². The van der Waals surface area contributed by atoms with Crippen molar-refractivity contribution in [3.63, 3.8) is 0 Å². The molecule has 1 aromatic carbocycles. The van der Waals surface area contributed by atoms with E-state index in [2.05, 4.69) is 23.1 Å². The van der Waals surface area contributed by atoms with Crippen molar-refractivity contribution >= 4 is 0 Å². The molecule has 0 spiro atoms. The lowest BCUT2D eigenvalue weighted by molar-refractivity contribution is 0.163. The van der Waals surface area contributed by atoms with E-state index in [4.69, 9.17) is 10.4 Å². The molecule has 0 aromatic heterocycles. The van der Waals surface area contributed by atoms with E-state index < -0.39 is 0 Å². The second-order valence-corrected chi connectivity index (χ2v) is 5.25. The highest BCUT2D eigenvalue weighted by molar-refractivity contribution is 5.14. The largest absolute Gasteiger partial charge is 0.395 e. The van der Waals surface area contributed by atoms with Gasteiger partial charge in [0.15, 0.2) is 0 Å². The summed E-state index contributed by atoms with van der Waals surface area (Å²) in [5, 5.41) is 18.0. The molecule has 3 nitrogen and oxygen atoms in total. The van der Waals surface area contributed by atoms with Crippen LogP contribution in [0.15, 0.2) is 30.3 Å². The van der Waals surface area contributed by atoms with Crippen molar-refractivity contribution in [3.8, 4) is 6.07 Å². The highest BCUT2D eigenvalue weighted by Gasteiger charge is 2.43. The molecular weight excluding hydrogens is 224 g/mol. The van der Waals surface area contributed by atoms with E-state index in [0.717, 1.165) is 25.9 Å². The summed E-state index contributed by atoms with van der Waals surface area (Å²) in [5.41, 5.74) is 1.47. The topological polar surface area (TPSA) is 47.3 Å². The maximum Gasteiger partial charge on any atom is 0.0628 e. The normalized spacial score (nSPS) is 16.5. The lowest BCUT2D eigenvalue weighted by atomic mass is 10.0. The molecule has 1 fully saturated rings. The average molecular weight is 244 g/mol. The molecule has 96 valence electrons. The molecule has 0 bridgehead atoms. The SMILES string of the molecule is N#CCC1(CN(CCO)Cc2ccccc2)CC1. The summed E-state index contributed by atoms with van der Waals surface area (Å²) in [6.45, 7) is 2.64. The van der Waals surface area contributed by atoms with Crippen LogP contribution in [0.5, 0.6) is 0 Å². The maximum atomic E-state index is 9.16. The molecule has 0 atom stereocenters. The molecule has 0 aliphatic heterocycles. The lowest BCUT2D eigenvalue weighted by Gasteiger charge is -2.25. The molecule has 1 aromatic rings. The van der Waals surface area contributed by atoms with Crippen LogP contribution in [0.4, 0.5) is 0 Å². The molecule has 0 saturated heterocycles. The summed E-state index contributed by atoms with van der Waals surface area (Å²) in [4.78, 5) is 2.26. The summed E-state index contributed by atoms with van der Waals surface area (Å²) in [5.74, 6) is 0. The Bertz CT molecular complexity index is 406. The zero-order chi connectivity index (χ0) is 12.8. The van der Waals surface area contributed by atoms with Crippen LogP contribution >= 0.6 is 0 Å². The van der Waals surface area contributed by atoms with Crippen molar-refractivity contribution in [3.05, 3.63) is 35.9 Å². The minimum atomic E-state index is 0.176. The van der Waals surface area contributed by atoms with Crippen LogP contribution in [-0.4, -0.2) is 29.7 Å². The predicted molar refractivity (Wildman–Crippen MR) is 70.7 cm³/mol. The van der Waals surface area contributed by atoms with Gasteiger partial charge in [-0.05, 0) is 23.8 Å². The van der Waals surface area contributed by atoms with Crippen molar-refractivity contribution in [2.24, 2.45) is 5.41 Å². The Morgan fingerprint density at radius 1 is 1.28 bits per heavy atom. The Morgan fingerprint density at radius 2 is 2.00 bits per heavy atom. The Balaban J connectivity index is 1.94. The quantitative estimate of drug-likeness (QED) is 0.799.